The Hall–Kier alpha value is -2.70. The first-order valence-corrected chi connectivity index (χ1v) is 5.32. The monoisotopic (exact) mass is 242 g/mol. The van der Waals surface area contributed by atoms with Gasteiger partial charge in [0.2, 0.25) is 11.6 Å². The number of anilines is 1. The molecule has 1 aromatic carbocycles. The topological polar surface area (TPSA) is 95.6 Å². The molecule has 0 unspecified atom stereocenters. The van der Waals surface area contributed by atoms with Crippen molar-refractivity contribution in [1.82, 2.24) is 25.3 Å². The van der Waals surface area contributed by atoms with Crippen molar-refractivity contribution in [2.45, 2.75) is 6.92 Å². The summed E-state index contributed by atoms with van der Waals surface area (Å²) >= 11 is 0. The molecule has 0 saturated carbocycles. The van der Waals surface area contributed by atoms with Gasteiger partial charge in [0.05, 0.1) is 11.9 Å². The third-order valence-corrected chi connectivity index (χ3v) is 2.59. The Balaban J connectivity index is 2.12. The zero-order chi connectivity index (χ0) is 12.5. The quantitative estimate of drug-likeness (QED) is 0.725. The number of aromatic nitrogens is 5. The number of benzene rings is 1. The molecule has 0 aliphatic rings. The van der Waals surface area contributed by atoms with Crippen molar-refractivity contribution >= 4 is 5.82 Å². The third kappa shape index (κ3) is 1.61. The maximum Gasteiger partial charge on any atom is 0.243 e. The Labute approximate surface area is 102 Å². The van der Waals surface area contributed by atoms with E-state index in [-0.39, 0.29) is 5.82 Å². The van der Waals surface area contributed by atoms with Gasteiger partial charge in [-0.15, -0.1) is 5.10 Å². The summed E-state index contributed by atoms with van der Waals surface area (Å²) in [6, 6.07) is 7.98. The standard InChI is InChI=1S/C11H10N6O/c1-7-2-4-8(5-3-7)9-6-13-16-17(9)11-10(12)14-18-15-11/h2-6H,1H3,(H2,12,14). The molecule has 0 amide bonds. The van der Waals surface area contributed by atoms with E-state index in [1.54, 1.807) is 6.20 Å². The number of nitrogens with two attached hydrogens (primary N) is 1. The van der Waals surface area contributed by atoms with E-state index in [9.17, 15) is 0 Å². The Morgan fingerprint density at radius 1 is 1.17 bits per heavy atom. The molecule has 0 atom stereocenters. The molecule has 0 aliphatic heterocycles. The predicted octanol–water partition coefficient (Wildman–Crippen LogP) is 1.21. The Morgan fingerprint density at radius 2 is 1.94 bits per heavy atom. The lowest BCUT2D eigenvalue weighted by molar-refractivity contribution is 0.307. The van der Waals surface area contributed by atoms with Crippen LogP contribution in [0.15, 0.2) is 35.1 Å². The van der Waals surface area contributed by atoms with Crippen LogP contribution in [0.3, 0.4) is 0 Å². The second kappa shape index (κ2) is 3.95. The summed E-state index contributed by atoms with van der Waals surface area (Å²) in [5.74, 6) is 0.511. The number of nitrogen functional groups attached to an aromatic ring is 1. The van der Waals surface area contributed by atoms with E-state index >= 15 is 0 Å². The normalized spacial score (nSPS) is 10.7. The van der Waals surface area contributed by atoms with E-state index in [0.29, 0.717) is 5.82 Å². The van der Waals surface area contributed by atoms with E-state index in [1.165, 1.54) is 10.2 Å². The predicted molar refractivity (Wildman–Crippen MR) is 63.8 cm³/mol. The van der Waals surface area contributed by atoms with E-state index in [1.807, 2.05) is 31.2 Å². The number of nitrogens with zero attached hydrogens (tertiary/aromatic N) is 5. The first-order valence-electron chi connectivity index (χ1n) is 5.32. The van der Waals surface area contributed by atoms with Gasteiger partial charge < -0.3 is 5.73 Å². The fourth-order valence-electron chi connectivity index (χ4n) is 1.65. The van der Waals surface area contributed by atoms with Gasteiger partial charge in [-0.25, -0.2) is 4.63 Å². The molecule has 90 valence electrons. The molecule has 0 fully saturated rings. The van der Waals surface area contributed by atoms with Crippen LogP contribution in [0.5, 0.6) is 0 Å². The SMILES string of the molecule is Cc1ccc(-c2cnnn2-c2nonc2N)cc1. The Morgan fingerprint density at radius 3 is 2.61 bits per heavy atom. The summed E-state index contributed by atoms with van der Waals surface area (Å²) < 4.78 is 6.06. The van der Waals surface area contributed by atoms with Crippen LogP contribution in [0.25, 0.3) is 17.1 Å². The molecule has 7 heteroatoms. The molecule has 18 heavy (non-hydrogen) atoms. The second-order valence-corrected chi connectivity index (χ2v) is 3.87. The molecule has 2 heterocycles. The molecule has 2 N–H and O–H groups in total. The molecule has 0 aliphatic carbocycles. The van der Waals surface area contributed by atoms with Crippen molar-refractivity contribution in [3.63, 3.8) is 0 Å². The zero-order valence-corrected chi connectivity index (χ0v) is 9.61. The maximum absolute atomic E-state index is 5.65. The molecule has 7 nitrogen and oxygen atoms in total. The van der Waals surface area contributed by atoms with Crippen LogP contribution in [-0.4, -0.2) is 25.3 Å². The van der Waals surface area contributed by atoms with Gasteiger partial charge in [-0.05, 0) is 17.2 Å². The van der Waals surface area contributed by atoms with E-state index in [0.717, 1.165) is 11.3 Å². The molecule has 3 rings (SSSR count). The summed E-state index contributed by atoms with van der Waals surface area (Å²) in [5.41, 5.74) is 8.57. The molecule has 2 aromatic heterocycles. The summed E-state index contributed by atoms with van der Waals surface area (Å²) in [5, 5.41) is 15.0. The minimum Gasteiger partial charge on any atom is -0.378 e. The zero-order valence-electron chi connectivity index (χ0n) is 9.61. The molecular formula is C11H10N6O. The van der Waals surface area contributed by atoms with Crippen molar-refractivity contribution < 1.29 is 4.63 Å². The van der Waals surface area contributed by atoms with Crippen LogP contribution in [-0.2, 0) is 0 Å². The lowest BCUT2D eigenvalue weighted by atomic mass is 10.1. The highest BCUT2D eigenvalue weighted by atomic mass is 16.6. The lowest BCUT2D eigenvalue weighted by Crippen LogP contribution is -2.03. The van der Waals surface area contributed by atoms with Gasteiger partial charge in [0.25, 0.3) is 0 Å². The molecular weight excluding hydrogens is 232 g/mol. The number of hydrogen-bond acceptors (Lipinski definition) is 6. The maximum atomic E-state index is 5.65. The fraction of sp³-hybridized carbons (Fsp3) is 0.0909. The number of rotatable bonds is 2. The average Bonchev–Trinajstić information content (AvgIpc) is 2.98. The van der Waals surface area contributed by atoms with E-state index in [2.05, 4.69) is 25.3 Å². The molecule has 0 saturated heterocycles. The molecule has 0 spiro atoms. The van der Waals surface area contributed by atoms with Crippen molar-refractivity contribution in [3.8, 4) is 17.1 Å². The fourth-order valence-corrected chi connectivity index (χ4v) is 1.65. The van der Waals surface area contributed by atoms with Gasteiger partial charge in [0.15, 0.2) is 0 Å². The largest absolute Gasteiger partial charge is 0.378 e. The van der Waals surface area contributed by atoms with Gasteiger partial charge in [-0.3, -0.25) is 0 Å². The highest BCUT2D eigenvalue weighted by molar-refractivity contribution is 5.62. The highest BCUT2D eigenvalue weighted by Gasteiger charge is 2.15. The van der Waals surface area contributed by atoms with Gasteiger partial charge in [-0.1, -0.05) is 35.0 Å². The summed E-state index contributed by atoms with van der Waals surface area (Å²) in [7, 11) is 0. The second-order valence-electron chi connectivity index (χ2n) is 3.87. The Kier molecular flexibility index (Phi) is 2.30. The average molecular weight is 242 g/mol. The van der Waals surface area contributed by atoms with Crippen molar-refractivity contribution in [3.05, 3.63) is 36.0 Å². The van der Waals surface area contributed by atoms with Crippen molar-refractivity contribution in [2.75, 3.05) is 5.73 Å². The van der Waals surface area contributed by atoms with Crippen LogP contribution >= 0.6 is 0 Å². The first kappa shape index (κ1) is 10.5. The van der Waals surface area contributed by atoms with Crippen LogP contribution in [0, 0.1) is 6.92 Å². The number of aryl methyl sites for hydroxylation is 1. The van der Waals surface area contributed by atoms with Crippen molar-refractivity contribution in [2.24, 2.45) is 0 Å². The van der Waals surface area contributed by atoms with Gasteiger partial charge in [0.1, 0.15) is 0 Å². The van der Waals surface area contributed by atoms with Crippen LogP contribution in [0.1, 0.15) is 5.56 Å². The van der Waals surface area contributed by atoms with Crippen LogP contribution < -0.4 is 5.73 Å². The molecule has 3 aromatic rings. The van der Waals surface area contributed by atoms with Crippen LogP contribution in [0.2, 0.25) is 0 Å². The number of hydrogen-bond donors (Lipinski definition) is 1. The third-order valence-electron chi connectivity index (χ3n) is 2.59. The van der Waals surface area contributed by atoms with E-state index < -0.39 is 0 Å². The van der Waals surface area contributed by atoms with Gasteiger partial charge in [0, 0.05) is 5.56 Å². The van der Waals surface area contributed by atoms with Crippen LogP contribution in [0.4, 0.5) is 5.82 Å². The smallest absolute Gasteiger partial charge is 0.243 e. The molecule has 0 radical (unpaired) electrons. The first-order chi connectivity index (χ1) is 8.75. The minimum absolute atomic E-state index is 0.175. The Bertz CT molecular complexity index is 669. The lowest BCUT2D eigenvalue weighted by Gasteiger charge is -2.03. The summed E-state index contributed by atoms with van der Waals surface area (Å²) in [6.07, 6.45) is 1.64. The van der Waals surface area contributed by atoms with Gasteiger partial charge >= 0.3 is 0 Å². The molecule has 0 bridgehead atoms. The highest BCUT2D eigenvalue weighted by Crippen LogP contribution is 2.22. The van der Waals surface area contributed by atoms with Gasteiger partial charge in [-0.2, -0.15) is 4.68 Å². The van der Waals surface area contributed by atoms with E-state index in [4.69, 9.17) is 5.73 Å². The summed E-state index contributed by atoms with van der Waals surface area (Å²) in [4.78, 5) is 0. The summed E-state index contributed by atoms with van der Waals surface area (Å²) in [6.45, 7) is 2.03. The minimum atomic E-state index is 0.175. The van der Waals surface area contributed by atoms with Crippen molar-refractivity contribution in [1.29, 1.82) is 0 Å².